The van der Waals surface area contributed by atoms with Crippen molar-refractivity contribution in [3.63, 3.8) is 0 Å². The fourth-order valence-corrected chi connectivity index (χ4v) is 2.96. The van der Waals surface area contributed by atoms with Crippen LogP contribution in [-0.4, -0.2) is 29.4 Å². The number of aliphatic hydroxyl groups excluding tert-OH is 1. The minimum absolute atomic E-state index is 0.111. The lowest BCUT2D eigenvalue weighted by atomic mass is 10.0. The van der Waals surface area contributed by atoms with Crippen LogP contribution in [0, 0.1) is 0 Å². The molecule has 0 aliphatic heterocycles. The summed E-state index contributed by atoms with van der Waals surface area (Å²) < 4.78 is 30.5. The van der Waals surface area contributed by atoms with Crippen LogP contribution in [0.25, 0.3) is 0 Å². The van der Waals surface area contributed by atoms with Crippen molar-refractivity contribution >= 4 is 10.1 Å². The van der Waals surface area contributed by atoms with Crippen molar-refractivity contribution in [1.29, 1.82) is 0 Å². The van der Waals surface area contributed by atoms with E-state index in [9.17, 15) is 13.5 Å². The first kappa shape index (κ1) is 20.9. The molecule has 0 aromatic heterocycles. The van der Waals surface area contributed by atoms with Gasteiger partial charge in [-0.15, -0.1) is 0 Å². The molecule has 2 atom stereocenters. The summed E-state index contributed by atoms with van der Waals surface area (Å²) in [7, 11) is -3.84. The third kappa shape index (κ3) is 13.3. The van der Waals surface area contributed by atoms with Crippen molar-refractivity contribution in [2.24, 2.45) is 0 Å². The van der Waals surface area contributed by atoms with Gasteiger partial charge in [0.25, 0.3) is 10.1 Å². The number of hydrogen-bond donors (Lipinski definition) is 2. The van der Waals surface area contributed by atoms with Gasteiger partial charge in [0, 0.05) is 0 Å². The number of unbranched alkanes of at least 4 members (excludes halogenated alkanes) is 7. The monoisotopic (exact) mass is 322 g/mol. The third-order valence-electron chi connectivity index (χ3n) is 4.03. The molecule has 0 rings (SSSR count). The number of hydrogen-bond acceptors (Lipinski definition) is 3. The highest BCUT2D eigenvalue weighted by molar-refractivity contribution is 7.86. The summed E-state index contributed by atoms with van der Waals surface area (Å²) in [6, 6.07) is 0. The summed E-state index contributed by atoms with van der Waals surface area (Å²) in [5.74, 6) is 0. The Bertz CT molecular complexity index is 327. The van der Waals surface area contributed by atoms with Crippen LogP contribution in [0.5, 0.6) is 0 Å². The highest BCUT2D eigenvalue weighted by Gasteiger charge is 2.15. The third-order valence-corrected chi connectivity index (χ3v) is 5.28. The Morgan fingerprint density at radius 2 is 1.24 bits per heavy atom. The summed E-state index contributed by atoms with van der Waals surface area (Å²) in [4.78, 5) is 0. The van der Waals surface area contributed by atoms with Gasteiger partial charge in [0.15, 0.2) is 0 Å². The van der Waals surface area contributed by atoms with Gasteiger partial charge < -0.3 is 5.11 Å². The van der Waals surface area contributed by atoms with Crippen molar-refractivity contribution in [2.45, 2.75) is 102 Å². The Morgan fingerprint density at radius 1 is 0.810 bits per heavy atom. The zero-order valence-electron chi connectivity index (χ0n) is 13.8. The molecule has 0 aliphatic carbocycles. The molecular weight excluding hydrogens is 288 g/mol. The van der Waals surface area contributed by atoms with Crippen LogP contribution in [0.3, 0.4) is 0 Å². The molecule has 2 unspecified atom stereocenters. The highest BCUT2D eigenvalue weighted by Crippen LogP contribution is 2.14. The van der Waals surface area contributed by atoms with Crippen LogP contribution in [0.1, 0.15) is 90.9 Å². The van der Waals surface area contributed by atoms with Crippen LogP contribution in [0.15, 0.2) is 0 Å². The molecular formula is C16H34O4S. The predicted molar refractivity (Wildman–Crippen MR) is 88.1 cm³/mol. The summed E-state index contributed by atoms with van der Waals surface area (Å²) in [5, 5.41) is 8.96. The lowest BCUT2D eigenvalue weighted by molar-refractivity contribution is 0.150. The molecule has 0 bridgehead atoms. The first-order chi connectivity index (χ1) is 9.88. The van der Waals surface area contributed by atoms with Gasteiger partial charge in [-0.25, -0.2) is 0 Å². The van der Waals surface area contributed by atoms with Crippen molar-refractivity contribution in [1.82, 2.24) is 0 Å². The van der Waals surface area contributed by atoms with E-state index in [2.05, 4.69) is 6.92 Å². The quantitative estimate of drug-likeness (QED) is 0.369. The van der Waals surface area contributed by atoms with Crippen molar-refractivity contribution in [2.75, 3.05) is 0 Å². The maximum Gasteiger partial charge on any atom is 0.267 e. The fraction of sp³-hybridized carbons (Fsp3) is 1.00. The van der Waals surface area contributed by atoms with E-state index in [1.54, 1.807) is 6.92 Å². The molecule has 4 nitrogen and oxygen atoms in total. The molecule has 128 valence electrons. The van der Waals surface area contributed by atoms with E-state index in [0.717, 1.165) is 44.9 Å². The number of aliphatic hydroxyl groups is 1. The van der Waals surface area contributed by atoms with E-state index in [1.807, 2.05) is 0 Å². The van der Waals surface area contributed by atoms with Gasteiger partial charge in [0.05, 0.1) is 11.4 Å². The van der Waals surface area contributed by atoms with Crippen molar-refractivity contribution in [3.05, 3.63) is 0 Å². The van der Waals surface area contributed by atoms with Gasteiger partial charge in [-0.1, -0.05) is 64.7 Å². The zero-order valence-corrected chi connectivity index (χ0v) is 14.6. The molecule has 0 amide bonds. The van der Waals surface area contributed by atoms with Crippen molar-refractivity contribution in [3.8, 4) is 0 Å². The highest BCUT2D eigenvalue weighted by atomic mass is 32.2. The van der Waals surface area contributed by atoms with Gasteiger partial charge in [-0.05, 0) is 26.2 Å². The molecule has 5 heteroatoms. The first-order valence-corrected chi connectivity index (χ1v) is 10.0. The van der Waals surface area contributed by atoms with Crippen LogP contribution in [-0.2, 0) is 10.1 Å². The van der Waals surface area contributed by atoms with Gasteiger partial charge in [-0.3, -0.25) is 4.55 Å². The maximum absolute atomic E-state index is 10.8. The van der Waals surface area contributed by atoms with Gasteiger partial charge >= 0.3 is 0 Å². The normalized spacial score (nSPS) is 15.0. The summed E-state index contributed by atoms with van der Waals surface area (Å²) >= 11 is 0. The maximum atomic E-state index is 10.8. The molecule has 0 radical (unpaired) electrons. The zero-order chi connectivity index (χ0) is 16.1. The first-order valence-electron chi connectivity index (χ1n) is 8.52. The standard InChI is InChI=1S/C16H34O4S/c1-3-12-16(17)14-11-9-7-5-4-6-8-10-13-15(2)21(18,19)20/h15-17H,3-14H2,1-2H3,(H,18,19,20). The molecule has 0 heterocycles. The summed E-state index contributed by atoms with van der Waals surface area (Å²) in [6.45, 7) is 3.66. The minimum atomic E-state index is -3.84. The van der Waals surface area contributed by atoms with E-state index < -0.39 is 15.4 Å². The minimum Gasteiger partial charge on any atom is -0.393 e. The molecule has 0 saturated heterocycles. The molecule has 0 aliphatic rings. The summed E-state index contributed by atoms with van der Waals surface area (Å²) in [5.41, 5.74) is 0. The van der Waals surface area contributed by atoms with Crippen LogP contribution in [0.4, 0.5) is 0 Å². The topological polar surface area (TPSA) is 74.6 Å². The largest absolute Gasteiger partial charge is 0.393 e. The molecule has 0 aromatic rings. The molecule has 0 spiro atoms. The Balaban J connectivity index is 3.27. The fourth-order valence-electron chi connectivity index (χ4n) is 2.50. The molecule has 0 fully saturated rings. The molecule has 0 aromatic carbocycles. The van der Waals surface area contributed by atoms with Crippen LogP contribution < -0.4 is 0 Å². The lowest BCUT2D eigenvalue weighted by Crippen LogP contribution is -2.16. The van der Waals surface area contributed by atoms with Crippen LogP contribution >= 0.6 is 0 Å². The Hall–Kier alpha value is -0.130. The van der Waals surface area contributed by atoms with Crippen LogP contribution in [0.2, 0.25) is 0 Å². The predicted octanol–water partition coefficient (Wildman–Crippen LogP) is 4.32. The van der Waals surface area contributed by atoms with E-state index in [4.69, 9.17) is 4.55 Å². The lowest BCUT2D eigenvalue weighted by Gasteiger charge is -2.08. The Kier molecular flexibility index (Phi) is 12.3. The average molecular weight is 323 g/mol. The van der Waals surface area contributed by atoms with Gasteiger partial charge in [0.2, 0.25) is 0 Å². The van der Waals surface area contributed by atoms with E-state index >= 15 is 0 Å². The Labute approximate surface area is 131 Å². The van der Waals surface area contributed by atoms with E-state index in [0.29, 0.717) is 6.42 Å². The average Bonchev–Trinajstić information content (AvgIpc) is 2.39. The van der Waals surface area contributed by atoms with Crippen molar-refractivity contribution < 1.29 is 18.1 Å². The molecule has 21 heavy (non-hydrogen) atoms. The smallest absolute Gasteiger partial charge is 0.267 e. The molecule has 0 saturated carbocycles. The Morgan fingerprint density at radius 3 is 1.67 bits per heavy atom. The SMILES string of the molecule is CCCC(O)CCCCCCCCCCC(C)S(=O)(=O)O. The van der Waals surface area contributed by atoms with Gasteiger partial charge in [-0.2, -0.15) is 8.42 Å². The second-order valence-electron chi connectivity index (χ2n) is 6.17. The number of rotatable bonds is 14. The van der Waals surface area contributed by atoms with Gasteiger partial charge in [0.1, 0.15) is 0 Å². The second-order valence-corrected chi connectivity index (χ2v) is 8.01. The van der Waals surface area contributed by atoms with E-state index in [-0.39, 0.29) is 6.10 Å². The summed E-state index contributed by atoms with van der Waals surface area (Å²) in [6.07, 6.45) is 12.3. The molecule has 2 N–H and O–H groups in total. The van der Waals surface area contributed by atoms with E-state index in [1.165, 1.54) is 25.7 Å². The second kappa shape index (κ2) is 12.4.